The molecule has 0 spiro atoms. The summed E-state index contributed by atoms with van der Waals surface area (Å²) in [5, 5.41) is 3.47. The predicted molar refractivity (Wildman–Crippen MR) is 64.4 cm³/mol. The van der Waals surface area contributed by atoms with Crippen molar-refractivity contribution in [3.8, 4) is 0 Å². The summed E-state index contributed by atoms with van der Waals surface area (Å²) >= 11 is 9.48. The Bertz CT molecular complexity index is 419. The van der Waals surface area contributed by atoms with Gasteiger partial charge in [-0.1, -0.05) is 34.5 Å². The Morgan fingerprint density at radius 3 is 3.00 bits per heavy atom. The van der Waals surface area contributed by atoms with Gasteiger partial charge in [0.05, 0.1) is 10.6 Å². The van der Waals surface area contributed by atoms with Crippen LogP contribution < -0.4 is 5.32 Å². The molecule has 1 aliphatic rings. The SMILES string of the molecule is CCC1Cc2c(Br)ccc(Cl)c2C(=O)N1. The smallest absolute Gasteiger partial charge is 0.253 e. The summed E-state index contributed by atoms with van der Waals surface area (Å²) in [6.45, 7) is 2.06. The Morgan fingerprint density at radius 1 is 1.60 bits per heavy atom. The molecule has 1 heterocycles. The van der Waals surface area contributed by atoms with Crippen molar-refractivity contribution in [1.29, 1.82) is 0 Å². The summed E-state index contributed by atoms with van der Waals surface area (Å²) in [6, 6.07) is 3.86. The maximum atomic E-state index is 11.8. The number of carbonyl (C=O) groups excluding carboxylic acids is 1. The Labute approximate surface area is 102 Å². The molecular weight excluding hydrogens is 277 g/mol. The third-order valence-electron chi connectivity index (χ3n) is 2.71. The summed E-state index contributed by atoms with van der Waals surface area (Å²) in [6.07, 6.45) is 1.78. The Hall–Kier alpha value is -0.540. The van der Waals surface area contributed by atoms with Gasteiger partial charge in [-0.3, -0.25) is 4.79 Å². The zero-order chi connectivity index (χ0) is 11.0. The molecule has 0 aliphatic carbocycles. The van der Waals surface area contributed by atoms with Gasteiger partial charge < -0.3 is 5.32 Å². The lowest BCUT2D eigenvalue weighted by molar-refractivity contribution is 0.0924. The molecule has 1 amide bonds. The molecule has 0 bridgehead atoms. The lowest BCUT2D eigenvalue weighted by atomic mass is 9.94. The summed E-state index contributed by atoms with van der Waals surface area (Å²) < 4.78 is 0.968. The van der Waals surface area contributed by atoms with E-state index in [-0.39, 0.29) is 11.9 Å². The van der Waals surface area contributed by atoms with Crippen LogP contribution in [0, 0.1) is 0 Å². The molecule has 1 aromatic carbocycles. The largest absolute Gasteiger partial charge is 0.349 e. The van der Waals surface area contributed by atoms with E-state index in [0.717, 1.165) is 22.9 Å². The average Bonchev–Trinajstić information content (AvgIpc) is 2.23. The highest BCUT2D eigenvalue weighted by Crippen LogP contribution is 2.31. The molecule has 1 N–H and O–H groups in total. The van der Waals surface area contributed by atoms with Crippen molar-refractivity contribution >= 4 is 33.4 Å². The summed E-state index contributed by atoms with van der Waals surface area (Å²) in [7, 11) is 0. The minimum Gasteiger partial charge on any atom is -0.349 e. The minimum absolute atomic E-state index is 0.0607. The van der Waals surface area contributed by atoms with Crippen molar-refractivity contribution in [2.24, 2.45) is 0 Å². The van der Waals surface area contributed by atoms with E-state index < -0.39 is 0 Å². The van der Waals surface area contributed by atoms with Crippen LogP contribution in [0.15, 0.2) is 16.6 Å². The molecule has 2 nitrogen and oxygen atoms in total. The molecule has 4 heteroatoms. The molecule has 1 aliphatic heterocycles. The normalized spacial score (nSPS) is 19.7. The molecule has 0 saturated carbocycles. The zero-order valence-electron chi connectivity index (χ0n) is 8.31. The molecule has 80 valence electrons. The molecule has 0 saturated heterocycles. The molecule has 0 fully saturated rings. The first-order valence-corrected chi connectivity index (χ1v) is 6.08. The first kappa shape index (κ1) is 11.0. The van der Waals surface area contributed by atoms with E-state index in [1.165, 1.54) is 0 Å². The second-order valence-corrected chi connectivity index (χ2v) is 4.93. The number of rotatable bonds is 1. The number of amides is 1. The van der Waals surface area contributed by atoms with E-state index in [2.05, 4.69) is 28.2 Å². The van der Waals surface area contributed by atoms with Gasteiger partial charge in [-0.15, -0.1) is 0 Å². The number of halogens is 2. The highest BCUT2D eigenvalue weighted by molar-refractivity contribution is 9.10. The third-order valence-corrected chi connectivity index (χ3v) is 3.77. The molecule has 1 aromatic rings. The quantitative estimate of drug-likeness (QED) is 0.845. The van der Waals surface area contributed by atoms with E-state index in [1.54, 1.807) is 6.07 Å². The molecular formula is C11H11BrClNO. The van der Waals surface area contributed by atoms with Crippen LogP contribution in [0.2, 0.25) is 5.02 Å². The van der Waals surface area contributed by atoms with Crippen LogP contribution in [0.1, 0.15) is 29.3 Å². The molecule has 1 unspecified atom stereocenters. The highest BCUT2D eigenvalue weighted by Gasteiger charge is 2.26. The average molecular weight is 289 g/mol. The van der Waals surface area contributed by atoms with E-state index in [9.17, 15) is 4.79 Å². The van der Waals surface area contributed by atoms with E-state index in [4.69, 9.17) is 11.6 Å². The predicted octanol–water partition coefficient (Wildman–Crippen LogP) is 3.17. The number of nitrogens with one attached hydrogen (secondary N) is 1. The van der Waals surface area contributed by atoms with Gasteiger partial charge in [0, 0.05) is 10.5 Å². The first-order chi connectivity index (χ1) is 7.13. The van der Waals surface area contributed by atoms with Gasteiger partial charge in [-0.2, -0.15) is 0 Å². The molecule has 1 atom stereocenters. The van der Waals surface area contributed by atoms with Crippen LogP contribution in [0.3, 0.4) is 0 Å². The summed E-state index contributed by atoms with van der Waals surface area (Å²) in [5.41, 5.74) is 1.65. The van der Waals surface area contributed by atoms with Crippen molar-refractivity contribution in [3.63, 3.8) is 0 Å². The fourth-order valence-corrected chi connectivity index (χ4v) is 2.60. The van der Waals surface area contributed by atoms with Crippen molar-refractivity contribution in [2.45, 2.75) is 25.8 Å². The highest BCUT2D eigenvalue weighted by atomic mass is 79.9. The van der Waals surface area contributed by atoms with E-state index in [1.807, 2.05) is 6.07 Å². The van der Waals surface area contributed by atoms with Gasteiger partial charge >= 0.3 is 0 Å². The zero-order valence-corrected chi connectivity index (χ0v) is 10.7. The van der Waals surface area contributed by atoms with Crippen LogP contribution >= 0.6 is 27.5 Å². The van der Waals surface area contributed by atoms with Gasteiger partial charge in [0.15, 0.2) is 0 Å². The fourth-order valence-electron chi connectivity index (χ4n) is 1.84. The van der Waals surface area contributed by atoms with Crippen molar-refractivity contribution < 1.29 is 4.79 Å². The molecule has 15 heavy (non-hydrogen) atoms. The molecule has 2 rings (SSSR count). The fraction of sp³-hybridized carbons (Fsp3) is 0.364. The van der Waals surface area contributed by atoms with Crippen LogP contribution in [-0.4, -0.2) is 11.9 Å². The van der Waals surface area contributed by atoms with Crippen LogP contribution in [0.5, 0.6) is 0 Å². The van der Waals surface area contributed by atoms with Crippen LogP contribution in [0.25, 0.3) is 0 Å². The Morgan fingerprint density at radius 2 is 2.33 bits per heavy atom. The first-order valence-electron chi connectivity index (χ1n) is 4.91. The maximum Gasteiger partial charge on any atom is 0.253 e. The molecule has 0 aromatic heterocycles. The molecule has 0 radical (unpaired) electrons. The Balaban J connectivity index is 2.53. The number of fused-ring (bicyclic) bond motifs is 1. The number of hydrogen-bond donors (Lipinski definition) is 1. The second-order valence-electron chi connectivity index (χ2n) is 3.67. The number of benzene rings is 1. The van der Waals surface area contributed by atoms with Gasteiger partial charge in [-0.05, 0) is 30.5 Å². The van der Waals surface area contributed by atoms with E-state index >= 15 is 0 Å². The van der Waals surface area contributed by atoms with Crippen LogP contribution in [0.4, 0.5) is 0 Å². The minimum atomic E-state index is -0.0607. The van der Waals surface area contributed by atoms with Gasteiger partial charge in [0.25, 0.3) is 5.91 Å². The van der Waals surface area contributed by atoms with E-state index in [0.29, 0.717) is 10.6 Å². The topological polar surface area (TPSA) is 29.1 Å². The van der Waals surface area contributed by atoms with Crippen LogP contribution in [-0.2, 0) is 6.42 Å². The van der Waals surface area contributed by atoms with Crippen molar-refractivity contribution in [3.05, 3.63) is 32.8 Å². The Kier molecular flexibility index (Phi) is 3.03. The lowest BCUT2D eigenvalue weighted by Crippen LogP contribution is -2.41. The lowest BCUT2D eigenvalue weighted by Gasteiger charge is -2.26. The van der Waals surface area contributed by atoms with Gasteiger partial charge in [-0.25, -0.2) is 0 Å². The van der Waals surface area contributed by atoms with Crippen molar-refractivity contribution in [1.82, 2.24) is 5.32 Å². The standard InChI is InChI=1S/C11H11BrClNO/c1-2-6-5-7-8(12)3-4-9(13)10(7)11(15)14-6/h3-4,6H,2,5H2,1H3,(H,14,15). The third kappa shape index (κ3) is 1.91. The number of carbonyl (C=O) groups is 1. The van der Waals surface area contributed by atoms with Gasteiger partial charge in [0.2, 0.25) is 0 Å². The monoisotopic (exact) mass is 287 g/mol. The summed E-state index contributed by atoms with van der Waals surface area (Å²) in [4.78, 5) is 11.8. The van der Waals surface area contributed by atoms with Crippen molar-refractivity contribution in [2.75, 3.05) is 0 Å². The number of hydrogen-bond acceptors (Lipinski definition) is 1. The maximum absolute atomic E-state index is 11.8. The summed E-state index contributed by atoms with van der Waals surface area (Å²) in [5.74, 6) is -0.0607. The second kappa shape index (κ2) is 4.14. The van der Waals surface area contributed by atoms with Gasteiger partial charge in [0.1, 0.15) is 0 Å².